The number of amides is 2. The van der Waals surface area contributed by atoms with E-state index in [2.05, 4.69) is 24.8 Å². The molecule has 0 aliphatic carbocycles. The standard InChI is InChI=1S/C24H22Cl2N6O2S.C22H20ClN7O3S/c25-16-3-1-15(2-4-16)13-19-28-21-22(29-24(27)30-23(21)35-19)32-11-9-31(10-12-32)20(33)14-34-18-7-5-17(26)6-8-18;23-15-3-5-16(6-4-15)33-13-17(31)28-8-10-29(11-9-28)19-18-21(27-22(24)26-19)34-20(25-18)14-2-1-7-30(32)12-14/h1-8H,9-14H2,(H2,27,29,30);1-7,12H,8-11,13H2,(H2,24,26,27). The van der Waals surface area contributed by atoms with Crippen LogP contribution in [0, 0.1) is 5.21 Å². The molecule has 23 heteroatoms. The van der Waals surface area contributed by atoms with Crippen molar-refractivity contribution in [2.45, 2.75) is 6.42 Å². The van der Waals surface area contributed by atoms with Crippen LogP contribution >= 0.6 is 57.5 Å². The van der Waals surface area contributed by atoms with E-state index in [1.54, 1.807) is 64.4 Å². The molecule has 0 atom stereocenters. The van der Waals surface area contributed by atoms with Crippen LogP contribution in [0.4, 0.5) is 23.5 Å². The second kappa shape index (κ2) is 21.2. The second-order valence-electron chi connectivity index (χ2n) is 15.7. The highest BCUT2D eigenvalue weighted by molar-refractivity contribution is 7.21. The third kappa shape index (κ3) is 11.7. The third-order valence-corrected chi connectivity index (χ3v) is 13.8. The van der Waals surface area contributed by atoms with Gasteiger partial charge in [-0.15, -0.1) is 0 Å². The number of piperazine rings is 2. The molecule has 0 radical (unpaired) electrons. The van der Waals surface area contributed by atoms with E-state index in [4.69, 9.17) is 65.7 Å². The van der Waals surface area contributed by atoms with E-state index in [1.807, 2.05) is 35.2 Å². The van der Waals surface area contributed by atoms with E-state index >= 15 is 0 Å². The Hall–Kier alpha value is -6.84. The minimum atomic E-state index is -0.0899. The first-order valence-electron chi connectivity index (χ1n) is 21.5. The summed E-state index contributed by atoms with van der Waals surface area (Å²) in [7, 11) is 0. The molecule has 0 spiro atoms. The van der Waals surface area contributed by atoms with Crippen molar-refractivity contribution in [3.63, 3.8) is 0 Å². The van der Waals surface area contributed by atoms with Crippen LogP contribution in [0.5, 0.6) is 11.5 Å². The Balaban J connectivity index is 0.000000172. The first-order chi connectivity index (χ1) is 33.4. The summed E-state index contributed by atoms with van der Waals surface area (Å²) in [5, 5.41) is 15.2. The van der Waals surface area contributed by atoms with Crippen LogP contribution in [0.1, 0.15) is 10.6 Å². The van der Waals surface area contributed by atoms with Gasteiger partial charge >= 0.3 is 0 Å². The van der Waals surface area contributed by atoms with Crippen molar-refractivity contribution in [2.75, 3.05) is 86.8 Å². The van der Waals surface area contributed by atoms with E-state index in [1.165, 1.54) is 35.1 Å². The maximum absolute atomic E-state index is 12.6. The van der Waals surface area contributed by atoms with Gasteiger partial charge in [-0.25, -0.2) is 19.9 Å². The van der Waals surface area contributed by atoms with Gasteiger partial charge in [-0.3, -0.25) is 9.59 Å². The highest BCUT2D eigenvalue weighted by Gasteiger charge is 2.27. The lowest BCUT2D eigenvalue weighted by atomic mass is 10.2. The Morgan fingerprint density at radius 3 is 1.57 bits per heavy atom. The van der Waals surface area contributed by atoms with Gasteiger partial charge in [-0.1, -0.05) is 69.6 Å². The first kappa shape index (κ1) is 47.2. The Morgan fingerprint density at radius 1 is 0.609 bits per heavy atom. The molecular weight excluding hydrogens is 985 g/mol. The van der Waals surface area contributed by atoms with Crippen molar-refractivity contribution in [1.29, 1.82) is 0 Å². The van der Waals surface area contributed by atoms with Gasteiger partial charge in [-0.2, -0.15) is 14.7 Å². The number of carbonyl (C=O) groups excluding carboxylic acids is 2. The van der Waals surface area contributed by atoms with Gasteiger partial charge in [0.1, 0.15) is 27.5 Å². The monoisotopic (exact) mass is 1030 g/mol. The predicted octanol–water partition coefficient (Wildman–Crippen LogP) is 6.64. The number of halogens is 3. The molecule has 0 bridgehead atoms. The third-order valence-electron chi connectivity index (χ3n) is 11.1. The van der Waals surface area contributed by atoms with Crippen LogP contribution in [0.25, 0.3) is 31.3 Å². The summed E-state index contributed by atoms with van der Waals surface area (Å²) in [4.78, 5) is 61.5. The van der Waals surface area contributed by atoms with E-state index in [-0.39, 0.29) is 36.9 Å². The van der Waals surface area contributed by atoms with Gasteiger partial charge in [0.05, 0.1) is 10.6 Å². The second-order valence-corrected chi connectivity index (χ2v) is 19.1. The maximum Gasteiger partial charge on any atom is 0.260 e. The number of anilines is 4. The highest BCUT2D eigenvalue weighted by atomic mass is 35.5. The fourth-order valence-corrected chi connectivity index (χ4v) is 9.84. The molecule has 354 valence electrons. The molecule has 2 fully saturated rings. The van der Waals surface area contributed by atoms with Crippen molar-refractivity contribution < 1.29 is 23.8 Å². The summed E-state index contributed by atoms with van der Waals surface area (Å²) in [6, 6.07) is 25.0. The maximum atomic E-state index is 12.6. The average molecular weight is 1030 g/mol. The van der Waals surface area contributed by atoms with E-state index in [9.17, 15) is 14.8 Å². The first-order valence-corrected chi connectivity index (χ1v) is 24.3. The molecule has 3 aromatic carbocycles. The molecule has 5 aromatic heterocycles. The van der Waals surface area contributed by atoms with Crippen LogP contribution in [0.3, 0.4) is 0 Å². The lowest BCUT2D eigenvalue weighted by molar-refractivity contribution is -0.604. The number of pyridine rings is 1. The van der Waals surface area contributed by atoms with Gasteiger partial charge < -0.3 is 45.7 Å². The summed E-state index contributed by atoms with van der Waals surface area (Å²) in [5.74, 6) is 2.74. The van der Waals surface area contributed by atoms with Crippen LogP contribution in [0.15, 0.2) is 97.3 Å². The van der Waals surface area contributed by atoms with Crippen LogP contribution in [-0.2, 0) is 16.0 Å². The molecule has 69 heavy (non-hydrogen) atoms. The number of rotatable bonds is 11. The Morgan fingerprint density at radius 2 is 1.07 bits per heavy atom. The Kier molecular flexibility index (Phi) is 14.5. The fraction of sp³-hybridized carbons (Fsp3) is 0.239. The summed E-state index contributed by atoms with van der Waals surface area (Å²) in [6.07, 6.45) is 3.55. The Bertz CT molecular complexity index is 3100. The number of hydrogen-bond acceptors (Lipinski definition) is 17. The molecule has 2 aliphatic heterocycles. The minimum absolute atomic E-state index is 0.0214. The van der Waals surface area contributed by atoms with Crippen LogP contribution < -0.4 is 35.5 Å². The zero-order chi connectivity index (χ0) is 48.0. The summed E-state index contributed by atoms with van der Waals surface area (Å²) in [6.45, 7) is 4.43. The minimum Gasteiger partial charge on any atom is -0.619 e. The smallest absolute Gasteiger partial charge is 0.260 e. The van der Waals surface area contributed by atoms with Crippen LogP contribution in [-0.4, -0.2) is 117 Å². The van der Waals surface area contributed by atoms with Crippen molar-refractivity contribution in [1.82, 2.24) is 39.7 Å². The van der Waals surface area contributed by atoms with E-state index < -0.39 is 0 Å². The van der Waals surface area contributed by atoms with Gasteiger partial charge in [-0.05, 0) is 72.3 Å². The summed E-state index contributed by atoms with van der Waals surface area (Å²) in [5.41, 5.74) is 15.2. The molecule has 10 rings (SSSR count). The lowest BCUT2D eigenvalue weighted by Gasteiger charge is -2.35. The van der Waals surface area contributed by atoms with Gasteiger partial charge in [0, 0.05) is 79.9 Å². The van der Waals surface area contributed by atoms with Crippen LogP contribution in [0.2, 0.25) is 15.1 Å². The van der Waals surface area contributed by atoms with Gasteiger partial charge in [0.15, 0.2) is 46.9 Å². The van der Waals surface area contributed by atoms with Crippen molar-refractivity contribution >= 4 is 114 Å². The van der Waals surface area contributed by atoms with Crippen molar-refractivity contribution in [3.05, 3.63) is 128 Å². The van der Waals surface area contributed by atoms with E-state index in [0.29, 0.717) is 118 Å². The topological polar surface area (TPSA) is 222 Å². The molecule has 7 heterocycles. The zero-order valence-corrected chi connectivity index (χ0v) is 40.5. The number of nitrogens with two attached hydrogens (primary N) is 2. The number of nitrogen functional groups attached to an aromatic ring is 2. The molecule has 18 nitrogen and oxygen atoms in total. The fourth-order valence-electron chi connectivity index (χ4n) is 7.56. The molecule has 8 aromatic rings. The normalized spacial score (nSPS) is 13.9. The molecule has 2 amide bonds. The predicted molar refractivity (Wildman–Crippen MR) is 269 cm³/mol. The van der Waals surface area contributed by atoms with Gasteiger partial charge in [0.25, 0.3) is 11.8 Å². The highest BCUT2D eigenvalue weighted by Crippen LogP contribution is 2.34. The zero-order valence-electron chi connectivity index (χ0n) is 36.6. The molecule has 0 saturated carbocycles. The molecule has 0 unspecified atom stereocenters. The molecule has 2 aliphatic rings. The lowest BCUT2D eigenvalue weighted by Crippen LogP contribution is -2.50. The number of carbonyl (C=O) groups is 2. The molecular formula is C46H42Cl3N13O5S2. The van der Waals surface area contributed by atoms with E-state index in [0.717, 1.165) is 25.6 Å². The number of nitrogens with zero attached hydrogens (tertiary/aromatic N) is 11. The number of thiazole rings is 2. The number of ether oxygens (including phenoxy) is 2. The summed E-state index contributed by atoms with van der Waals surface area (Å²) >= 11 is 20.6. The Labute approximate surface area is 418 Å². The van der Waals surface area contributed by atoms with Crippen molar-refractivity contribution in [3.8, 4) is 22.1 Å². The average Bonchev–Trinajstić information content (AvgIpc) is 3.98. The number of hydrogen-bond donors (Lipinski definition) is 2. The number of benzene rings is 3. The van der Waals surface area contributed by atoms with Crippen molar-refractivity contribution in [2.24, 2.45) is 0 Å². The summed E-state index contributed by atoms with van der Waals surface area (Å²) < 4.78 is 11.9. The number of fused-ring (bicyclic) bond motifs is 2. The quantitative estimate of drug-likeness (QED) is 0.102. The molecule has 2 saturated heterocycles. The van der Waals surface area contributed by atoms with Gasteiger partial charge in [0.2, 0.25) is 11.9 Å². The number of aromatic nitrogens is 7. The largest absolute Gasteiger partial charge is 0.619 e. The SMILES string of the molecule is Nc1nc(N2CCN(C(=O)COc3ccc(Cl)cc3)CC2)c2nc(-c3ccc[n+]([O-])c3)sc2n1.Nc1nc(N2CCN(C(=O)COc3ccc(Cl)cc3)CC2)c2nc(Cc3ccc(Cl)cc3)sc2n1. The molecule has 4 N–H and O–H groups in total.